The lowest BCUT2D eigenvalue weighted by Gasteiger charge is -2.18. The van der Waals surface area contributed by atoms with Crippen LogP contribution in [0.2, 0.25) is 0 Å². The van der Waals surface area contributed by atoms with Crippen LogP contribution in [0.3, 0.4) is 0 Å². The Bertz CT molecular complexity index is 401. The molecule has 0 aliphatic heterocycles. The minimum absolute atomic E-state index is 0.227. The third kappa shape index (κ3) is 3.12. The van der Waals surface area contributed by atoms with Crippen LogP contribution in [0.1, 0.15) is 26.8 Å². The summed E-state index contributed by atoms with van der Waals surface area (Å²) in [4.78, 5) is 13.0. The SMILES string of the molecule is CC(Sc1nnc(N(C)C)n1C(C)C)C(N)=O. The molecule has 17 heavy (non-hydrogen) atoms. The van der Waals surface area contributed by atoms with E-state index >= 15 is 0 Å². The van der Waals surface area contributed by atoms with Gasteiger partial charge in [-0.15, -0.1) is 10.2 Å². The Hall–Kier alpha value is -1.24. The van der Waals surface area contributed by atoms with Gasteiger partial charge in [0.05, 0.1) is 5.25 Å². The smallest absolute Gasteiger partial charge is 0.230 e. The molecule has 2 N–H and O–H groups in total. The zero-order valence-electron chi connectivity index (χ0n) is 10.8. The molecule has 1 aromatic rings. The number of rotatable bonds is 5. The normalized spacial score (nSPS) is 12.8. The second-order valence-electron chi connectivity index (χ2n) is 4.30. The van der Waals surface area contributed by atoms with Gasteiger partial charge in [-0.2, -0.15) is 0 Å². The van der Waals surface area contributed by atoms with Gasteiger partial charge >= 0.3 is 0 Å². The van der Waals surface area contributed by atoms with E-state index in [4.69, 9.17) is 5.73 Å². The number of primary amides is 1. The Labute approximate surface area is 106 Å². The highest BCUT2D eigenvalue weighted by molar-refractivity contribution is 8.00. The van der Waals surface area contributed by atoms with Gasteiger partial charge in [-0.1, -0.05) is 11.8 Å². The van der Waals surface area contributed by atoms with Crippen molar-refractivity contribution < 1.29 is 4.79 Å². The van der Waals surface area contributed by atoms with Gasteiger partial charge in [0.15, 0.2) is 5.16 Å². The summed E-state index contributed by atoms with van der Waals surface area (Å²) in [5.41, 5.74) is 5.25. The van der Waals surface area contributed by atoms with Gasteiger partial charge < -0.3 is 10.6 Å². The minimum Gasteiger partial charge on any atom is -0.369 e. The van der Waals surface area contributed by atoms with Crippen molar-refractivity contribution in [1.29, 1.82) is 0 Å². The van der Waals surface area contributed by atoms with Crippen LogP contribution in [0, 0.1) is 0 Å². The average molecular weight is 257 g/mol. The van der Waals surface area contributed by atoms with Gasteiger partial charge in [-0.25, -0.2) is 0 Å². The first-order valence-electron chi connectivity index (χ1n) is 5.42. The molecule has 1 unspecified atom stereocenters. The second-order valence-corrected chi connectivity index (χ2v) is 5.61. The van der Waals surface area contributed by atoms with E-state index in [-0.39, 0.29) is 17.2 Å². The number of hydrogen-bond donors (Lipinski definition) is 1. The molecule has 1 atom stereocenters. The van der Waals surface area contributed by atoms with E-state index in [9.17, 15) is 4.79 Å². The number of nitrogens with zero attached hydrogens (tertiary/aromatic N) is 4. The number of thioether (sulfide) groups is 1. The number of aromatic nitrogens is 3. The van der Waals surface area contributed by atoms with Crippen LogP contribution in [0.15, 0.2) is 5.16 Å². The zero-order valence-corrected chi connectivity index (χ0v) is 11.7. The first kappa shape index (κ1) is 13.8. The predicted octanol–water partition coefficient (Wildman–Crippen LogP) is 0.891. The molecule has 1 heterocycles. The van der Waals surface area contributed by atoms with Crippen LogP contribution >= 0.6 is 11.8 Å². The number of carbonyl (C=O) groups is 1. The number of hydrogen-bond acceptors (Lipinski definition) is 5. The number of carbonyl (C=O) groups excluding carboxylic acids is 1. The maximum atomic E-state index is 11.1. The molecular weight excluding hydrogens is 238 g/mol. The quantitative estimate of drug-likeness (QED) is 0.793. The van der Waals surface area contributed by atoms with Crippen molar-refractivity contribution in [2.75, 3.05) is 19.0 Å². The van der Waals surface area contributed by atoms with Crippen LogP contribution in [0.4, 0.5) is 5.95 Å². The summed E-state index contributed by atoms with van der Waals surface area (Å²) < 4.78 is 1.99. The van der Waals surface area contributed by atoms with E-state index in [1.807, 2.05) is 23.6 Å². The van der Waals surface area contributed by atoms with Crippen molar-refractivity contribution in [3.63, 3.8) is 0 Å². The topological polar surface area (TPSA) is 77.0 Å². The first-order chi connectivity index (χ1) is 7.84. The zero-order chi connectivity index (χ0) is 13.2. The summed E-state index contributed by atoms with van der Waals surface area (Å²) in [6, 6.07) is 0.227. The summed E-state index contributed by atoms with van der Waals surface area (Å²) in [7, 11) is 3.82. The average Bonchev–Trinajstić information content (AvgIpc) is 2.61. The fourth-order valence-electron chi connectivity index (χ4n) is 1.32. The molecule has 96 valence electrons. The second kappa shape index (κ2) is 5.39. The van der Waals surface area contributed by atoms with Gasteiger partial charge in [0.25, 0.3) is 0 Å². The van der Waals surface area contributed by atoms with Gasteiger partial charge in [-0.05, 0) is 20.8 Å². The lowest BCUT2D eigenvalue weighted by molar-refractivity contribution is -0.117. The molecule has 0 aliphatic carbocycles. The molecule has 1 amide bonds. The summed E-state index contributed by atoms with van der Waals surface area (Å²) in [5.74, 6) is 0.430. The Kier molecular flexibility index (Phi) is 4.39. The van der Waals surface area contributed by atoms with Crippen LogP contribution in [0.25, 0.3) is 0 Å². The minimum atomic E-state index is -0.347. The molecule has 0 bridgehead atoms. The number of anilines is 1. The molecule has 0 aromatic carbocycles. The highest BCUT2D eigenvalue weighted by Gasteiger charge is 2.20. The van der Waals surface area contributed by atoms with Crippen molar-refractivity contribution in [1.82, 2.24) is 14.8 Å². The Balaban J connectivity index is 3.04. The van der Waals surface area contributed by atoms with Gasteiger partial charge in [-0.3, -0.25) is 9.36 Å². The van der Waals surface area contributed by atoms with Crippen molar-refractivity contribution in [3.8, 4) is 0 Å². The standard InChI is InChI=1S/C10H19N5OS/c1-6(2)15-9(14(4)5)12-13-10(15)17-7(3)8(11)16/h6-7H,1-5H3,(H2,11,16). The van der Waals surface area contributed by atoms with Gasteiger partial charge in [0.1, 0.15) is 0 Å². The summed E-state index contributed by atoms with van der Waals surface area (Å²) in [6.45, 7) is 5.87. The van der Waals surface area contributed by atoms with E-state index in [0.717, 1.165) is 11.1 Å². The predicted molar refractivity (Wildman–Crippen MR) is 69.2 cm³/mol. The highest BCUT2D eigenvalue weighted by atomic mass is 32.2. The molecule has 0 aliphatic rings. The molecule has 7 heteroatoms. The van der Waals surface area contributed by atoms with E-state index in [2.05, 4.69) is 24.0 Å². The Morgan fingerprint density at radius 2 is 1.94 bits per heavy atom. The van der Waals surface area contributed by atoms with Crippen LogP contribution in [0.5, 0.6) is 0 Å². The molecule has 0 saturated carbocycles. The molecule has 0 saturated heterocycles. The molecule has 1 rings (SSSR count). The number of nitrogens with two attached hydrogens (primary N) is 1. The van der Waals surface area contributed by atoms with E-state index < -0.39 is 0 Å². The molecule has 1 aromatic heterocycles. The van der Waals surface area contributed by atoms with E-state index in [1.165, 1.54) is 11.8 Å². The molecule has 6 nitrogen and oxygen atoms in total. The summed E-state index contributed by atoms with van der Waals surface area (Å²) in [5, 5.41) is 8.63. The highest BCUT2D eigenvalue weighted by Crippen LogP contribution is 2.27. The lowest BCUT2D eigenvalue weighted by Crippen LogP contribution is -2.23. The fraction of sp³-hybridized carbons (Fsp3) is 0.700. The Morgan fingerprint density at radius 1 is 1.35 bits per heavy atom. The fourth-order valence-corrected chi connectivity index (χ4v) is 2.25. The van der Waals surface area contributed by atoms with E-state index in [1.54, 1.807) is 6.92 Å². The molecule has 0 radical (unpaired) electrons. The summed E-state index contributed by atoms with van der Waals surface area (Å²) >= 11 is 1.33. The van der Waals surface area contributed by atoms with Gasteiger partial charge in [0.2, 0.25) is 11.9 Å². The molecular formula is C10H19N5OS. The van der Waals surface area contributed by atoms with Crippen molar-refractivity contribution in [2.45, 2.75) is 37.2 Å². The molecule has 0 spiro atoms. The third-order valence-corrected chi connectivity index (χ3v) is 3.32. The van der Waals surface area contributed by atoms with E-state index in [0.29, 0.717) is 0 Å². The Morgan fingerprint density at radius 3 is 2.35 bits per heavy atom. The summed E-state index contributed by atoms with van der Waals surface area (Å²) in [6.07, 6.45) is 0. The van der Waals surface area contributed by atoms with Crippen LogP contribution in [-0.2, 0) is 4.79 Å². The van der Waals surface area contributed by atoms with Crippen molar-refractivity contribution >= 4 is 23.6 Å². The van der Waals surface area contributed by atoms with Crippen molar-refractivity contribution in [2.24, 2.45) is 5.73 Å². The van der Waals surface area contributed by atoms with Crippen molar-refractivity contribution in [3.05, 3.63) is 0 Å². The van der Waals surface area contributed by atoms with Crippen LogP contribution < -0.4 is 10.6 Å². The third-order valence-electron chi connectivity index (χ3n) is 2.25. The first-order valence-corrected chi connectivity index (χ1v) is 6.30. The van der Waals surface area contributed by atoms with Gasteiger partial charge in [0, 0.05) is 20.1 Å². The monoisotopic (exact) mass is 257 g/mol. The number of amides is 1. The maximum absolute atomic E-state index is 11.1. The largest absolute Gasteiger partial charge is 0.369 e. The maximum Gasteiger partial charge on any atom is 0.230 e. The molecule has 0 fully saturated rings. The lowest BCUT2D eigenvalue weighted by atomic mass is 10.4. The van der Waals surface area contributed by atoms with Crippen LogP contribution in [-0.4, -0.2) is 40.0 Å².